The molecule has 1 aliphatic rings. The fraction of sp³-hybridized carbons (Fsp3) is 0.429. The Bertz CT molecular complexity index is 636. The van der Waals surface area contributed by atoms with Crippen molar-refractivity contribution in [2.75, 3.05) is 6.61 Å². The molecule has 0 aliphatic heterocycles. The van der Waals surface area contributed by atoms with E-state index in [2.05, 4.69) is 15.3 Å². The van der Waals surface area contributed by atoms with Gasteiger partial charge in [0.1, 0.15) is 11.3 Å². The van der Waals surface area contributed by atoms with Crippen LogP contribution in [0.1, 0.15) is 29.6 Å². The van der Waals surface area contributed by atoms with E-state index >= 15 is 0 Å². The highest BCUT2D eigenvalue weighted by atomic mass is 19.1. The summed E-state index contributed by atoms with van der Waals surface area (Å²) in [6.07, 6.45) is 4.08. The first kappa shape index (κ1) is 13.1. The Morgan fingerprint density at radius 2 is 2.35 bits per heavy atom. The van der Waals surface area contributed by atoms with Crippen LogP contribution in [0, 0.1) is 11.7 Å². The summed E-state index contributed by atoms with van der Waals surface area (Å²) >= 11 is 0. The number of nitrogens with zero attached hydrogens (tertiary/aromatic N) is 1. The molecule has 3 N–H and O–H groups in total. The van der Waals surface area contributed by atoms with Crippen LogP contribution in [0.15, 0.2) is 18.5 Å². The maximum atomic E-state index is 13.5. The van der Waals surface area contributed by atoms with E-state index in [0.29, 0.717) is 23.4 Å². The maximum absolute atomic E-state index is 13.5. The molecule has 1 aliphatic carbocycles. The van der Waals surface area contributed by atoms with Gasteiger partial charge in [-0.2, -0.15) is 0 Å². The summed E-state index contributed by atoms with van der Waals surface area (Å²) in [5.41, 5.74) is 1.19. The molecule has 1 fully saturated rings. The first-order chi connectivity index (χ1) is 9.69. The van der Waals surface area contributed by atoms with E-state index in [1.165, 1.54) is 18.5 Å². The molecular weight excluding hydrogens is 261 g/mol. The molecule has 1 atom stereocenters. The highest BCUT2D eigenvalue weighted by molar-refractivity contribution is 6.04. The normalized spacial score (nSPS) is 16.3. The predicted octanol–water partition coefficient (Wildman–Crippen LogP) is 1.59. The smallest absolute Gasteiger partial charge is 0.253 e. The highest BCUT2D eigenvalue weighted by Crippen LogP contribution is 2.34. The van der Waals surface area contributed by atoms with Gasteiger partial charge in [0.25, 0.3) is 5.91 Å². The third-order valence-electron chi connectivity index (χ3n) is 3.68. The summed E-state index contributed by atoms with van der Waals surface area (Å²) in [5, 5.41) is 11.9. The van der Waals surface area contributed by atoms with Gasteiger partial charge < -0.3 is 15.4 Å². The van der Waals surface area contributed by atoms with Crippen molar-refractivity contribution in [1.29, 1.82) is 0 Å². The molecule has 1 saturated carbocycles. The summed E-state index contributed by atoms with van der Waals surface area (Å²) in [5.74, 6) is -0.390. The SMILES string of the molecule is O=C(NC(CCO)C1CC1)c1cc(F)cc2[nH]cnc12. The van der Waals surface area contributed by atoms with Crippen LogP contribution in [0.5, 0.6) is 0 Å². The quantitative estimate of drug-likeness (QED) is 0.776. The molecular formula is C14H16FN3O2. The van der Waals surface area contributed by atoms with Crippen molar-refractivity contribution >= 4 is 16.9 Å². The van der Waals surface area contributed by atoms with Crippen molar-refractivity contribution in [3.63, 3.8) is 0 Å². The van der Waals surface area contributed by atoms with Crippen molar-refractivity contribution in [2.24, 2.45) is 5.92 Å². The van der Waals surface area contributed by atoms with Crippen LogP contribution in [-0.4, -0.2) is 33.6 Å². The first-order valence-electron chi connectivity index (χ1n) is 6.73. The summed E-state index contributed by atoms with van der Waals surface area (Å²) < 4.78 is 13.5. The molecule has 0 bridgehead atoms. The Morgan fingerprint density at radius 3 is 3.05 bits per heavy atom. The van der Waals surface area contributed by atoms with Crippen LogP contribution in [0.4, 0.5) is 4.39 Å². The number of halogens is 1. The number of aromatic nitrogens is 2. The minimum Gasteiger partial charge on any atom is -0.396 e. The van der Waals surface area contributed by atoms with Gasteiger partial charge in [-0.1, -0.05) is 0 Å². The van der Waals surface area contributed by atoms with E-state index in [1.54, 1.807) is 0 Å². The lowest BCUT2D eigenvalue weighted by atomic mass is 10.1. The van der Waals surface area contributed by atoms with Gasteiger partial charge in [0, 0.05) is 12.6 Å². The number of hydrogen-bond acceptors (Lipinski definition) is 3. The molecule has 3 rings (SSSR count). The molecule has 0 radical (unpaired) electrons. The summed E-state index contributed by atoms with van der Waals surface area (Å²) in [6.45, 7) is 0.0302. The van der Waals surface area contributed by atoms with E-state index in [0.717, 1.165) is 12.8 Å². The number of carbonyl (C=O) groups excluding carboxylic acids is 1. The third-order valence-corrected chi connectivity index (χ3v) is 3.68. The summed E-state index contributed by atoms with van der Waals surface area (Å²) in [7, 11) is 0. The number of hydrogen-bond donors (Lipinski definition) is 3. The molecule has 1 heterocycles. The molecule has 1 aromatic carbocycles. The first-order valence-corrected chi connectivity index (χ1v) is 6.73. The number of H-pyrrole nitrogens is 1. The molecule has 0 spiro atoms. The largest absolute Gasteiger partial charge is 0.396 e. The Labute approximate surface area is 115 Å². The molecule has 6 heteroatoms. The van der Waals surface area contributed by atoms with E-state index < -0.39 is 5.82 Å². The molecule has 2 aromatic rings. The Balaban J connectivity index is 1.86. The van der Waals surface area contributed by atoms with E-state index in [-0.39, 0.29) is 24.1 Å². The molecule has 1 aromatic heterocycles. The zero-order valence-corrected chi connectivity index (χ0v) is 10.9. The zero-order chi connectivity index (χ0) is 14.1. The number of carbonyl (C=O) groups is 1. The van der Waals surface area contributed by atoms with Gasteiger partial charge in [0.2, 0.25) is 0 Å². The number of benzene rings is 1. The van der Waals surface area contributed by atoms with Crippen molar-refractivity contribution in [3.05, 3.63) is 29.8 Å². The molecule has 1 unspecified atom stereocenters. The second-order valence-electron chi connectivity index (χ2n) is 5.18. The van der Waals surface area contributed by atoms with E-state index in [9.17, 15) is 9.18 Å². The third kappa shape index (κ3) is 2.51. The topological polar surface area (TPSA) is 78.0 Å². The van der Waals surface area contributed by atoms with Crippen molar-refractivity contribution < 1.29 is 14.3 Å². The van der Waals surface area contributed by atoms with Crippen LogP contribution in [-0.2, 0) is 0 Å². The lowest BCUT2D eigenvalue weighted by Gasteiger charge is -2.17. The van der Waals surface area contributed by atoms with Gasteiger partial charge in [0.05, 0.1) is 17.4 Å². The zero-order valence-electron chi connectivity index (χ0n) is 10.9. The minimum atomic E-state index is -0.475. The van der Waals surface area contributed by atoms with Crippen LogP contribution in [0.2, 0.25) is 0 Å². The monoisotopic (exact) mass is 277 g/mol. The number of aliphatic hydroxyl groups excluding tert-OH is 1. The number of aliphatic hydroxyl groups is 1. The number of nitrogens with one attached hydrogen (secondary N) is 2. The van der Waals surface area contributed by atoms with Crippen molar-refractivity contribution in [1.82, 2.24) is 15.3 Å². The average Bonchev–Trinajstić information content (AvgIpc) is 3.16. The fourth-order valence-electron chi connectivity index (χ4n) is 2.50. The van der Waals surface area contributed by atoms with Gasteiger partial charge >= 0.3 is 0 Å². The van der Waals surface area contributed by atoms with Gasteiger partial charge in [-0.15, -0.1) is 0 Å². The van der Waals surface area contributed by atoms with Gasteiger partial charge in [-0.3, -0.25) is 4.79 Å². The Kier molecular flexibility index (Phi) is 3.40. The molecule has 1 amide bonds. The van der Waals surface area contributed by atoms with Crippen LogP contribution in [0.3, 0.4) is 0 Å². The second kappa shape index (κ2) is 5.20. The van der Waals surface area contributed by atoms with E-state index in [1.807, 2.05) is 0 Å². The van der Waals surface area contributed by atoms with Crippen molar-refractivity contribution in [2.45, 2.75) is 25.3 Å². The number of amides is 1. The molecule has 5 nitrogen and oxygen atoms in total. The molecule has 0 saturated heterocycles. The van der Waals surface area contributed by atoms with Crippen LogP contribution in [0.25, 0.3) is 11.0 Å². The number of rotatable bonds is 5. The molecule has 106 valence electrons. The lowest BCUT2D eigenvalue weighted by Crippen LogP contribution is -2.37. The second-order valence-corrected chi connectivity index (χ2v) is 5.18. The predicted molar refractivity (Wildman–Crippen MR) is 71.7 cm³/mol. The van der Waals surface area contributed by atoms with Gasteiger partial charge in [0.15, 0.2) is 0 Å². The number of aromatic amines is 1. The minimum absolute atomic E-state index is 0.0302. The van der Waals surface area contributed by atoms with Gasteiger partial charge in [-0.25, -0.2) is 9.37 Å². The highest BCUT2D eigenvalue weighted by Gasteiger charge is 2.32. The van der Waals surface area contributed by atoms with Crippen LogP contribution < -0.4 is 5.32 Å². The summed E-state index contributed by atoms with van der Waals surface area (Å²) in [6, 6.07) is 2.46. The fourth-order valence-corrected chi connectivity index (χ4v) is 2.50. The number of fused-ring (bicyclic) bond motifs is 1. The standard InChI is InChI=1S/C14H16FN3O2/c15-9-5-10(13-12(6-9)16-7-17-13)14(20)18-11(3-4-19)8-1-2-8/h5-8,11,19H,1-4H2,(H,16,17)(H,18,20). The average molecular weight is 277 g/mol. The lowest BCUT2D eigenvalue weighted by molar-refractivity contribution is 0.0925. The van der Waals surface area contributed by atoms with E-state index in [4.69, 9.17) is 5.11 Å². The molecule has 20 heavy (non-hydrogen) atoms. The van der Waals surface area contributed by atoms with Crippen LogP contribution >= 0.6 is 0 Å². The number of imidazole rings is 1. The van der Waals surface area contributed by atoms with Crippen molar-refractivity contribution in [3.8, 4) is 0 Å². The summed E-state index contributed by atoms with van der Waals surface area (Å²) in [4.78, 5) is 19.2. The Hall–Kier alpha value is -1.95. The Morgan fingerprint density at radius 1 is 1.55 bits per heavy atom. The maximum Gasteiger partial charge on any atom is 0.253 e. The van der Waals surface area contributed by atoms with Gasteiger partial charge in [-0.05, 0) is 37.3 Å².